The number of thiophene rings is 1. The first kappa shape index (κ1) is 46.2. The van der Waals surface area contributed by atoms with Crippen molar-refractivity contribution in [2.24, 2.45) is 4.99 Å². The first-order valence-corrected chi connectivity index (χ1v) is 21.7. The smallest absolute Gasteiger partial charge is 0.228 e. The van der Waals surface area contributed by atoms with Crippen molar-refractivity contribution < 1.29 is 33.3 Å². The molecule has 4 N–H and O–H groups in total. The number of aryl methyl sites for hydroxylation is 2. The van der Waals surface area contributed by atoms with Crippen molar-refractivity contribution in [1.29, 1.82) is 0 Å². The Hall–Kier alpha value is -5.82. The van der Waals surface area contributed by atoms with Crippen molar-refractivity contribution in [3.8, 4) is 27.6 Å². The molecule has 0 spiro atoms. The molecule has 64 heavy (non-hydrogen) atoms. The number of ether oxygens (including phenoxy) is 5. The van der Waals surface area contributed by atoms with Gasteiger partial charge in [-0.3, -0.25) is 19.1 Å². The molecule has 3 aromatic carbocycles. The van der Waals surface area contributed by atoms with E-state index in [2.05, 4.69) is 39.7 Å². The molecule has 0 radical (unpaired) electrons. The highest BCUT2D eigenvalue weighted by Gasteiger charge is 2.32. The van der Waals surface area contributed by atoms with Crippen LogP contribution < -0.4 is 25.8 Å². The van der Waals surface area contributed by atoms with Crippen LogP contribution in [0.3, 0.4) is 0 Å². The van der Waals surface area contributed by atoms with Gasteiger partial charge >= 0.3 is 0 Å². The molecule has 0 saturated carbocycles. The average molecular weight is 926 g/mol. The van der Waals surface area contributed by atoms with Gasteiger partial charge in [0.1, 0.15) is 35.8 Å². The molecule has 0 saturated heterocycles. The van der Waals surface area contributed by atoms with Crippen LogP contribution in [0.25, 0.3) is 16.1 Å². The second kappa shape index (κ2) is 21.2. The molecule has 2 amide bonds. The highest BCUT2D eigenvalue weighted by Crippen LogP contribution is 2.40. The van der Waals surface area contributed by atoms with Gasteiger partial charge in [-0.2, -0.15) is 13.5 Å². The number of rotatable bonds is 19. The maximum atomic E-state index is 13.5. The Balaban J connectivity index is 0.00000612. The van der Waals surface area contributed by atoms with Crippen molar-refractivity contribution in [2.45, 2.75) is 39.7 Å². The van der Waals surface area contributed by atoms with E-state index in [1.807, 2.05) is 60.0 Å². The van der Waals surface area contributed by atoms with E-state index < -0.39 is 6.04 Å². The zero-order valence-electron chi connectivity index (χ0n) is 35.6. The van der Waals surface area contributed by atoms with Crippen LogP contribution in [0, 0.1) is 20.8 Å². The Morgan fingerprint density at radius 3 is 2.25 bits per heavy atom. The van der Waals surface area contributed by atoms with E-state index >= 15 is 0 Å². The fourth-order valence-corrected chi connectivity index (χ4v) is 8.60. The number of carbonyl (C=O) groups excluding carboxylic acids is 2. The van der Waals surface area contributed by atoms with Gasteiger partial charge in [-0.1, -0.05) is 29.8 Å². The number of hydrogen-bond donors (Lipinski definition) is 3. The van der Waals surface area contributed by atoms with E-state index in [9.17, 15) is 9.59 Å². The lowest BCUT2D eigenvalue weighted by Gasteiger charge is -2.13. The lowest BCUT2D eigenvalue weighted by atomic mass is 9.99. The summed E-state index contributed by atoms with van der Waals surface area (Å²) in [6.45, 7) is 9.12. The number of hydrogen-bond acceptors (Lipinski definition) is 13. The number of pyridine rings is 1. The van der Waals surface area contributed by atoms with Gasteiger partial charge < -0.3 is 40.1 Å². The Morgan fingerprint density at radius 2 is 1.53 bits per heavy atom. The molecule has 3 aromatic heterocycles. The average Bonchev–Trinajstić information content (AvgIpc) is 3.91. The first-order chi connectivity index (χ1) is 30.6. The Bertz CT molecular complexity index is 2640. The Kier molecular flexibility index (Phi) is 15.3. The molecule has 6 aromatic rings. The highest BCUT2D eigenvalue weighted by atomic mass is 35.5. The number of aliphatic imine (C=N–C) groups is 1. The van der Waals surface area contributed by atoms with E-state index in [0.717, 1.165) is 55.6 Å². The van der Waals surface area contributed by atoms with E-state index in [1.165, 1.54) is 4.88 Å². The van der Waals surface area contributed by atoms with Crippen molar-refractivity contribution in [1.82, 2.24) is 19.7 Å². The van der Waals surface area contributed by atoms with Crippen LogP contribution in [-0.2, 0) is 30.2 Å². The predicted octanol–water partition coefficient (Wildman–Crippen LogP) is 7.59. The summed E-state index contributed by atoms with van der Waals surface area (Å²) in [5.41, 5.74) is 14.1. The SMILES string of the molecule is Cc1sc2c(c1C)C(c1ccc(Cl)cc1)=N[C@@H](CC(=O)Nc1ccc(OCCOCCOCCOCCOc3cc(-c4ccc5c(c4)CC(=O)N5)cnc3N)cc1)c1nnc(C)n1-2.S. The third kappa shape index (κ3) is 10.9. The number of nitrogens with one attached hydrogen (secondary N) is 2. The fraction of sp³-hybridized carbons (Fsp3) is 0.304. The highest BCUT2D eigenvalue weighted by molar-refractivity contribution is 7.59. The van der Waals surface area contributed by atoms with Crippen molar-refractivity contribution >= 4 is 71.2 Å². The van der Waals surface area contributed by atoms with Gasteiger partial charge in [0.15, 0.2) is 17.4 Å². The van der Waals surface area contributed by atoms with Crippen molar-refractivity contribution in [2.75, 3.05) is 69.2 Å². The number of anilines is 3. The van der Waals surface area contributed by atoms with Crippen LogP contribution in [0.4, 0.5) is 17.2 Å². The number of nitrogen functional groups attached to an aromatic ring is 1. The molecule has 0 bridgehead atoms. The number of aromatic nitrogens is 4. The fourth-order valence-electron chi connectivity index (χ4n) is 7.26. The number of carbonyl (C=O) groups is 2. The summed E-state index contributed by atoms with van der Waals surface area (Å²) < 4.78 is 30.6. The van der Waals surface area contributed by atoms with Crippen LogP contribution in [0.5, 0.6) is 11.5 Å². The molecule has 15 nitrogen and oxygen atoms in total. The monoisotopic (exact) mass is 924 g/mol. The molecule has 18 heteroatoms. The maximum absolute atomic E-state index is 13.5. The molecule has 8 rings (SSSR count). The number of nitrogens with two attached hydrogens (primary N) is 1. The van der Waals surface area contributed by atoms with Gasteiger partial charge in [-0.15, -0.1) is 21.5 Å². The normalized spacial score (nSPS) is 13.8. The topological polar surface area (TPSA) is 186 Å². The van der Waals surface area contributed by atoms with Gasteiger partial charge in [0.2, 0.25) is 11.8 Å². The summed E-state index contributed by atoms with van der Waals surface area (Å²) in [6, 6.07) is 21.9. The van der Waals surface area contributed by atoms with E-state index in [0.29, 0.717) is 87.3 Å². The number of halogens is 1. The molecular weight excluding hydrogens is 876 g/mol. The maximum Gasteiger partial charge on any atom is 0.228 e. The summed E-state index contributed by atoms with van der Waals surface area (Å²) in [5, 5.41) is 16.4. The van der Waals surface area contributed by atoms with Gasteiger partial charge in [-0.25, -0.2) is 4.98 Å². The van der Waals surface area contributed by atoms with Gasteiger partial charge in [0, 0.05) is 44.2 Å². The minimum absolute atomic E-state index is 0. The van der Waals surface area contributed by atoms with Gasteiger partial charge in [-0.05, 0) is 92.1 Å². The molecular formula is C46H49ClN8O7S2. The summed E-state index contributed by atoms with van der Waals surface area (Å²) in [5.74, 6) is 2.54. The molecule has 334 valence electrons. The lowest BCUT2D eigenvalue weighted by molar-refractivity contribution is -0.117. The minimum Gasteiger partial charge on any atom is -0.491 e. The van der Waals surface area contributed by atoms with Crippen LogP contribution in [-0.4, -0.2) is 90.1 Å². The summed E-state index contributed by atoms with van der Waals surface area (Å²) in [7, 11) is 0. The molecule has 0 unspecified atom stereocenters. The summed E-state index contributed by atoms with van der Waals surface area (Å²) >= 11 is 7.91. The first-order valence-electron chi connectivity index (χ1n) is 20.5. The Labute approximate surface area is 386 Å². The van der Waals surface area contributed by atoms with Gasteiger partial charge in [0.25, 0.3) is 0 Å². The van der Waals surface area contributed by atoms with Crippen molar-refractivity contribution in [3.05, 3.63) is 123 Å². The molecule has 2 aliphatic heterocycles. The van der Waals surface area contributed by atoms with E-state index in [-0.39, 0.29) is 37.5 Å². The van der Waals surface area contributed by atoms with Gasteiger partial charge in [0.05, 0.1) is 58.2 Å². The Morgan fingerprint density at radius 1 is 0.859 bits per heavy atom. The molecule has 0 aliphatic carbocycles. The number of amides is 2. The van der Waals surface area contributed by atoms with E-state index in [4.69, 9.17) is 46.0 Å². The third-order valence-corrected chi connectivity index (χ3v) is 12.0. The molecule has 1 atom stereocenters. The lowest BCUT2D eigenvalue weighted by Crippen LogP contribution is -2.17. The predicted molar refractivity (Wildman–Crippen MR) is 253 cm³/mol. The van der Waals surface area contributed by atoms with Crippen LogP contribution >= 0.6 is 36.4 Å². The second-order valence-electron chi connectivity index (χ2n) is 14.9. The van der Waals surface area contributed by atoms with Crippen LogP contribution in [0.1, 0.15) is 51.2 Å². The zero-order chi connectivity index (χ0) is 43.9. The number of fused-ring (bicyclic) bond motifs is 4. The van der Waals surface area contributed by atoms with Crippen LogP contribution in [0.15, 0.2) is 84.0 Å². The quantitative estimate of drug-likeness (QED) is 0.0680. The molecule has 0 fully saturated rings. The largest absolute Gasteiger partial charge is 0.491 e. The zero-order valence-corrected chi connectivity index (χ0v) is 38.2. The third-order valence-electron chi connectivity index (χ3n) is 10.5. The second-order valence-corrected chi connectivity index (χ2v) is 16.6. The molecule has 2 aliphatic rings. The van der Waals surface area contributed by atoms with Crippen molar-refractivity contribution in [3.63, 3.8) is 0 Å². The summed E-state index contributed by atoms with van der Waals surface area (Å²) in [4.78, 5) is 35.9. The number of benzene rings is 3. The minimum atomic E-state index is -0.575. The van der Waals surface area contributed by atoms with Crippen LogP contribution in [0.2, 0.25) is 5.02 Å². The number of nitrogens with zero attached hydrogens (tertiary/aromatic N) is 5. The van der Waals surface area contributed by atoms with E-state index in [1.54, 1.807) is 41.8 Å². The summed E-state index contributed by atoms with van der Waals surface area (Å²) in [6.07, 6.45) is 2.11. The molecule has 5 heterocycles. The standard InChI is InChI=1S/C46H47ClN8O7S.H2S/c1-27-28(2)63-46-42(27)43(30-4-7-34(47)8-5-30)52-38(45-54-53-29(3)55(45)46)25-41(57)50-35-9-11-36(12-10-35)61-20-18-59-16-14-58-15-17-60-19-21-62-39-23-33(26-49-44(39)48)31-6-13-37-32(22-31)24-40(56)51-37;/h4-13,22-23,26,38H,14-21,24-25H2,1-3H3,(H2,48,49)(H,50,57)(H,51,56);1H2/t38-;/m0./s1.